The monoisotopic (exact) mass is 361 g/mol. The number of nitrogens with zero attached hydrogens (tertiary/aromatic N) is 1. The number of carbonyl (C=O) groups excluding carboxylic acids is 2. The number of esters is 1. The highest BCUT2D eigenvalue weighted by Crippen LogP contribution is 2.35. The van der Waals surface area contributed by atoms with Crippen LogP contribution in [0.25, 0.3) is 6.08 Å². The summed E-state index contributed by atoms with van der Waals surface area (Å²) in [5.74, 6) is -0.689. The lowest BCUT2D eigenvalue weighted by atomic mass is 10.1. The number of aromatic nitrogens is 1. The summed E-state index contributed by atoms with van der Waals surface area (Å²) in [6.45, 7) is 0. The summed E-state index contributed by atoms with van der Waals surface area (Å²) in [5.41, 5.74) is 1.18. The number of ether oxygens (including phenoxy) is 2. The first-order valence-electron chi connectivity index (χ1n) is 8.07. The van der Waals surface area contributed by atoms with Crippen molar-refractivity contribution in [3.05, 3.63) is 95.3 Å². The summed E-state index contributed by atoms with van der Waals surface area (Å²) < 4.78 is 23.8. The van der Waals surface area contributed by atoms with Crippen LogP contribution in [0.15, 0.2) is 72.6 Å². The number of pyridine rings is 1. The van der Waals surface area contributed by atoms with Gasteiger partial charge in [0.1, 0.15) is 17.3 Å². The van der Waals surface area contributed by atoms with Gasteiger partial charge >= 0.3 is 5.97 Å². The summed E-state index contributed by atoms with van der Waals surface area (Å²) in [5, 5.41) is 0. The van der Waals surface area contributed by atoms with E-state index in [-0.39, 0.29) is 22.9 Å². The molecule has 132 valence electrons. The Balaban J connectivity index is 1.55. The summed E-state index contributed by atoms with van der Waals surface area (Å²) >= 11 is 0. The molecule has 2 heterocycles. The Morgan fingerprint density at radius 3 is 2.63 bits per heavy atom. The summed E-state index contributed by atoms with van der Waals surface area (Å²) in [6, 6.07) is 14.9. The van der Waals surface area contributed by atoms with E-state index in [1.54, 1.807) is 30.5 Å². The molecule has 0 saturated carbocycles. The second-order valence-corrected chi connectivity index (χ2v) is 5.75. The molecule has 0 bridgehead atoms. The zero-order valence-corrected chi connectivity index (χ0v) is 13.9. The van der Waals surface area contributed by atoms with Crippen molar-refractivity contribution in [3.63, 3.8) is 0 Å². The molecule has 0 saturated heterocycles. The molecule has 0 amide bonds. The third kappa shape index (κ3) is 3.46. The minimum Gasteiger partial charge on any atom is -0.452 e. The zero-order chi connectivity index (χ0) is 18.8. The molecular formula is C21H12FNO4. The van der Waals surface area contributed by atoms with Crippen LogP contribution in [0, 0.1) is 5.82 Å². The van der Waals surface area contributed by atoms with Gasteiger partial charge in [-0.3, -0.25) is 9.78 Å². The van der Waals surface area contributed by atoms with Crippen molar-refractivity contribution in [1.29, 1.82) is 0 Å². The van der Waals surface area contributed by atoms with E-state index < -0.39 is 11.8 Å². The van der Waals surface area contributed by atoms with Gasteiger partial charge < -0.3 is 9.47 Å². The number of Topliss-reactive ketones (excluding diaryl/α,β-unsaturated/α-hetero) is 1. The number of halogens is 1. The first kappa shape index (κ1) is 16.7. The molecule has 0 atom stereocenters. The van der Waals surface area contributed by atoms with E-state index >= 15 is 0 Å². The average molecular weight is 361 g/mol. The van der Waals surface area contributed by atoms with Gasteiger partial charge in [-0.15, -0.1) is 0 Å². The minimum absolute atomic E-state index is 0.144. The number of hydrogen-bond donors (Lipinski definition) is 0. The number of fused-ring (bicyclic) bond motifs is 1. The molecule has 1 aromatic heterocycles. The third-order valence-corrected chi connectivity index (χ3v) is 3.90. The van der Waals surface area contributed by atoms with Gasteiger partial charge in [-0.25, -0.2) is 9.18 Å². The van der Waals surface area contributed by atoms with Crippen LogP contribution in [0.2, 0.25) is 0 Å². The van der Waals surface area contributed by atoms with Crippen molar-refractivity contribution in [2.45, 2.75) is 0 Å². The highest BCUT2D eigenvalue weighted by molar-refractivity contribution is 6.14. The fourth-order valence-electron chi connectivity index (χ4n) is 2.58. The zero-order valence-electron chi connectivity index (χ0n) is 13.9. The SMILES string of the molecule is O=C(Oc1ccc2c(c1)O/C(=C\c1ccccn1)C2=O)c1ccc(F)cc1. The molecule has 0 N–H and O–H groups in total. The van der Waals surface area contributed by atoms with Gasteiger partial charge in [0.25, 0.3) is 0 Å². The van der Waals surface area contributed by atoms with E-state index in [1.165, 1.54) is 42.5 Å². The van der Waals surface area contributed by atoms with Gasteiger partial charge in [-0.1, -0.05) is 6.07 Å². The van der Waals surface area contributed by atoms with Gasteiger partial charge in [0.05, 0.1) is 16.8 Å². The Hall–Kier alpha value is -3.80. The van der Waals surface area contributed by atoms with Crippen LogP contribution in [-0.2, 0) is 0 Å². The predicted octanol–water partition coefficient (Wildman–Crippen LogP) is 4.06. The molecule has 2 aromatic carbocycles. The van der Waals surface area contributed by atoms with Gasteiger partial charge in [0.2, 0.25) is 5.78 Å². The molecule has 5 nitrogen and oxygen atoms in total. The minimum atomic E-state index is -0.636. The molecule has 6 heteroatoms. The summed E-state index contributed by atoms with van der Waals surface area (Å²) in [4.78, 5) is 28.7. The number of rotatable bonds is 3. The molecule has 3 aromatic rings. The largest absolute Gasteiger partial charge is 0.452 e. The lowest BCUT2D eigenvalue weighted by Crippen LogP contribution is -2.08. The van der Waals surface area contributed by atoms with Crippen molar-refractivity contribution < 1.29 is 23.5 Å². The van der Waals surface area contributed by atoms with E-state index in [9.17, 15) is 14.0 Å². The van der Waals surface area contributed by atoms with Crippen LogP contribution in [0.5, 0.6) is 11.5 Å². The van der Waals surface area contributed by atoms with Crippen molar-refractivity contribution in [2.24, 2.45) is 0 Å². The number of carbonyl (C=O) groups is 2. The molecule has 0 unspecified atom stereocenters. The number of hydrogen-bond acceptors (Lipinski definition) is 5. The molecule has 0 fully saturated rings. The Labute approximate surface area is 153 Å². The molecule has 27 heavy (non-hydrogen) atoms. The smallest absolute Gasteiger partial charge is 0.343 e. The Morgan fingerprint density at radius 1 is 1.07 bits per heavy atom. The molecule has 0 aliphatic carbocycles. The highest BCUT2D eigenvalue weighted by Gasteiger charge is 2.28. The first-order chi connectivity index (χ1) is 13.1. The lowest BCUT2D eigenvalue weighted by molar-refractivity contribution is 0.0734. The number of benzene rings is 2. The van der Waals surface area contributed by atoms with Crippen LogP contribution < -0.4 is 9.47 Å². The van der Waals surface area contributed by atoms with Gasteiger partial charge in [0, 0.05) is 18.3 Å². The summed E-state index contributed by atoms with van der Waals surface area (Å²) in [7, 11) is 0. The lowest BCUT2D eigenvalue weighted by Gasteiger charge is -2.05. The molecule has 0 spiro atoms. The quantitative estimate of drug-likeness (QED) is 0.400. The van der Waals surface area contributed by atoms with Gasteiger partial charge in [0.15, 0.2) is 5.76 Å². The van der Waals surface area contributed by atoms with E-state index in [0.29, 0.717) is 17.0 Å². The third-order valence-electron chi connectivity index (χ3n) is 3.90. The van der Waals surface area contributed by atoms with Crippen LogP contribution in [0.4, 0.5) is 4.39 Å². The highest BCUT2D eigenvalue weighted by atomic mass is 19.1. The molecule has 1 aliphatic rings. The van der Waals surface area contributed by atoms with E-state index in [1.807, 2.05) is 0 Å². The molecule has 0 radical (unpaired) electrons. The Kier molecular flexibility index (Phi) is 4.22. The van der Waals surface area contributed by atoms with Crippen molar-refractivity contribution in [3.8, 4) is 11.5 Å². The Bertz CT molecular complexity index is 1060. The van der Waals surface area contributed by atoms with Crippen molar-refractivity contribution in [1.82, 2.24) is 4.98 Å². The van der Waals surface area contributed by atoms with Crippen molar-refractivity contribution in [2.75, 3.05) is 0 Å². The van der Waals surface area contributed by atoms with Gasteiger partial charge in [-0.2, -0.15) is 0 Å². The molecular weight excluding hydrogens is 349 g/mol. The normalized spacial score (nSPS) is 14.0. The molecule has 1 aliphatic heterocycles. The standard InChI is InChI=1S/C21H12FNO4/c22-14-6-4-13(5-7-14)21(25)26-16-8-9-17-18(12-16)27-19(20(17)24)11-15-3-1-2-10-23-15/h1-12H/b19-11-. The maximum Gasteiger partial charge on any atom is 0.343 e. The maximum absolute atomic E-state index is 12.9. The van der Waals surface area contributed by atoms with Gasteiger partial charge in [-0.05, 0) is 48.5 Å². The first-order valence-corrected chi connectivity index (χ1v) is 8.07. The Morgan fingerprint density at radius 2 is 1.89 bits per heavy atom. The van der Waals surface area contributed by atoms with Crippen LogP contribution in [0.3, 0.4) is 0 Å². The fourth-order valence-corrected chi connectivity index (χ4v) is 2.58. The van der Waals surface area contributed by atoms with E-state index in [4.69, 9.17) is 9.47 Å². The fraction of sp³-hybridized carbons (Fsp3) is 0. The summed E-state index contributed by atoms with van der Waals surface area (Å²) in [6.07, 6.45) is 3.17. The topological polar surface area (TPSA) is 65.5 Å². The second kappa shape index (κ2) is 6.84. The maximum atomic E-state index is 12.9. The van der Waals surface area contributed by atoms with Crippen LogP contribution in [-0.4, -0.2) is 16.7 Å². The van der Waals surface area contributed by atoms with Crippen LogP contribution in [0.1, 0.15) is 26.4 Å². The van der Waals surface area contributed by atoms with E-state index in [0.717, 1.165) is 0 Å². The number of ketones is 1. The predicted molar refractivity (Wildman–Crippen MR) is 95.0 cm³/mol. The van der Waals surface area contributed by atoms with Crippen molar-refractivity contribution >= 4 is 17.8 Å². The van der Waals surface area contributed by atoms with E-state index in [2.05, 4.69) is 4.98 Å². The second-order valence-electron chi connectivity index (χ2n) is 5.75. The number of allylic oxidation sites excluding steroid dienone is 1. The molecule has 4 rings (SSSR count). The average Bonchev–Trinajstić information content (AvgIpc) is 2.98. The van der Waals surface area contributed by atoms with Crippen LogP contribution >= 0.6 is 0 Å².